The lowest BCUT2D eigenvalue weighted by atomic mass is 10.1. The fraction of sp³-hybridized carbons (Fsp3) is 0.368. The van der Waals surface area contributed by atoms with Crippen molar-refractivity contribution in [3.63, 3.8) is 0 Å². The molecule has 1 fully saturated rings. The van der Waals surface area contributed by atoms with Crippen molar-refractivity contribution in [1.29, 1.82) is 0 Å². The summed E-state index contributed by atoms with van der Waals surface area (Å²) in [5.41, 5.74) is 2.86. The number of nitro groups is 1. The number of allylic oxidation sites excluding steroid dienone is 1. The summed E-state index contributed by atoms with van der Waals surface area (Å²) < 4.78 is 25.2. The zero-order valence-electron chi connectivity index (χ0n) is 15.9. The van der Waals surface area contributed by atoms with Crippen LogP contribution in [-0.2, 0) is 9.84 Å². The number of carbonyl (C=O) groups is 1. The Morgan fingerprint density at radius 1 is 1.32 bits per heavy atom. The molecule has 1 saturated heterocycles. The molecule has 1 aromatic carbocycles. The normalized spacial score (nSPS) is 18.6. The molecule has 2 aromatic rings. The highest BCUT2D eigenvalue weighted by Crippen LogP contribution is 2.27. The number of nitrogens with zero attached hydrogens (tertiary/aromatic N) is 3. The Kier molecular flexibility index (Phi) is 5.20. The maximum atomic E-state index is 12.5. The van der Waals surface area contributed by atoms with E-state index in [9.17, 15) is 23.3 Å². The number of nitro benzene ring substituents is 1. The number of aromatic nitrogens is 2. The summed E-state index contributed by atoms with van der Waals surface area (Å²) in [5, 5.41) is 15.5. The Morgan fingerprint density at radius 3 is 2.64 bits per heavy atom. The number of carbonyl (C=O) groups excluding carboxylic acids is 1. The van der Waals surface area contributed by atoms with Crippen LogP contribution in [0.15, 0.2) is 24.3 Å². The number of ketones is 1. The Morgan fingerprint density at radius 2 is 2.04 bits per heavy atom. The van der Waals surface area contributed by atoms with Gasteiger partial charge in [-0.2, -0.15) is 5.10 Å². The molecule has 0 unspecified atom stereocenters. The van der Waals surface area contributed by atoms with Gasteiger partial charge in [0.15, 0.2) is 15.6 Å². The SMILES string of the molecule is Cc1ccc(C(=O)/C=C/c2c(C)nn([C@H]3CCS(=O)(=O)C3)c2C)cc1[N+](=O)[O-]. The van der Waals surface area contributed by atoms with E-state index in [1.807, 2.05) is 6.92 Å². The van der Waals surface area contributed by atoms with Crippen molar-refractivity contribution >= 4 is 27.4 Å². The average Bonchev–Trinajstić information content (AvgIpc) is 3.12. The van der Waals surface area contributed by atoms with Crippen LogP contribution in [0, 0.1) is 30.9 Å². The van der Waals surface area contributed by atoms with Crippen LogP contribution in [-0.4, -0.2) is 40.4 Å². The van der Waals surface area contributed by atoms with Gasteiger partial charge in [-0.15, -0.1) is 0 Å². The van der Waals surface area contributed by atoms with Crippen molar-refractivity contribution < 1.29 is 18.1 Å². The molecule has 1 aromatic heterocycles. The first-order chi connectivity index (χ1) is 13.1. The molecule has 1 aliphatic rings. The summed E-state index contributed by atoms with van der Waals surface area (Å²) in [6, 6.07) is 4.19. The van der Waals surface area contributed by atoms with E-state index in [-0.39, 0.29) is 34.6 Å². The first-order valence-electron chi connectivity index (χ1n) is 8.82. The second kappa shape index (κ2) is 7.31. The van der Waals surface area contributed by atoms with Crippen LogP contribution >= 0.6 is 0 Å². The van der Waals surface area contributed by atoms with Gasteiger partial charge in [0.05, 0.1) is 28.2 Å². The summed E-state index contributed by atoms with van der Waals surface area (Å²) >= 11 is 0. The van der Waals surface area contributed by atoms with Crippen molar-refractivity contribution in [1.82, 2.24) is 9.78 Å². The Bertz CT molecular complexity index is 1100. The fourth-order valence-corrected chi connectivity index (χ4v) is 5.15. The molecule has 1 atom stereocenters. The van der Waals surface area contributed by atoms with Gasteiger partial charge >= 0.3 is 0 Å². The van der Waals surface area contributed by atoms with Crippen molar-refractivity contribution in [2.75, 3.05) is 11.5 Å². The van der Waals surface area contributed by atoms with Crippen LogP contribution < -0.4 is 0 Å². The second-order valence-corrected chi connectivity index (χ2v) is 9.27. The molecule has 0 bridgehead atoms. The maximum Gasteiger partial charge on any atom is 0.273 e. The van der Waals surface area contributed by atoms with Crippen LogP contribution in [0.2, 0.25) is 0 Å². The van der Waals surface area contributed by atoms with Gasteiger partial charge in [-0.1, -0.05) is 12.1 Å². The maximum absolute atomic E-state index is 12.5. The molecule has 0 N–H and O–H groups in total. The van der Waals surface area contributed by atoms with Crippen LogP contribution in [0.25, 0.3) is 6.08 Å². The largest absolute Gasteiger partial charge is 0.289 e. The zero-order valence-corrected chi connectivity index (χ0v) is 16.7. The van der Waals surface area contributed by atoms with E-state index in [1.54, 1.807) is 36.7 Å². The number of hydrogen-bond donors (Lipinski definition) is 0. The molecular weight excluding hydrogens is 382 g/mol. The van der Waals surface area contributed by atoms with Crippen molar-refractivity contribution in [2.45, 2.75) is 33.2 Å². The van der Waals surface area contributed by atoms with E-state index in [1.165, 1.54) is 12.1 Å². The van der Waals surface area contributed by atoms with Crippen LogP contribution in [0.4, 0.5) is 5.69 Å². The highest BCUT2D eigenvalue weighted by molar-refractivity contribution is 7.91. The van der Waals surface area contributed by atoms with E-state index in [4.69, 9.17) is 0 Å². The molecule has 0 spiro atoms. The lowest BCUT2D eigenvalue weighted by molar-refractivity contribution is -0.385. The van der Waals surface area contributed by atoms with Gasteiger partial charge in [-0.25, -0.2) is 8.42 Å². The van der Waals surface area contributed by atoms with E-state index >= 15 is 0 Å². The first-order valence-corrected chi connectivity index (χ1v) is 10.6. The third-order valence-corrected chi connectivity index (χ3v) is 6.78. The lowest BCUT2D eigenvalue weighted by Crippen LogP contribution is -2.13. The summed E-state index contributed by atoms with van der Waals surface area (Å²) in [6.45, 7) is 5.26. The van der Waals surface area contributed by atoms with Gasteiger partial charge in [0.1, 0.15) is 0 Å². The number of benzene rings is 1. The Balaban J connectivity index is 1.86. The smallest absolute Gasteiger partial charge is 0.273 e. The molecule has 0 aliphatic carbocycles. The number of rotatable bonds is 5. The summed E-state index contributed by atoms with van der Waals surface area (Å²) in [6.07, 6.45) is 3.52. The topological polar surface area (TPSA) is 112 Å². The Labute approximate surface area is 162 Å². The van der Waals surface area contributed by atoms with Gasteiger partial charge < -0.3 is 0 Å². The lowest BCUT2D eigenvalue weighted by Gasteiger charge is -2.10. The predicted octanol–water partition coefficient (Wildman–Crippen LogP) is 2.97. The number of hydrogen-bond acceptors (Lipinski definition) is 6. The molecule has 1 aliphatic heterocycles. The van der Waals surface area contributed by atoms with Gasteiger partial charge in [0.2, 0.25) is 0 Å². The molecule has 28 heavy (non-hydrogen) atoms. The minimum absolute atomic E-state index is 0.0735. The van der Waals surface area contributed by atoms with Crippen LogP contribution in [0.3, 0.4) is 0 Å². The minimum atomic E-state index is -3.03. The third-order valence-electron chi connectivity index (χ3n) is 5.03. The standard InChI is InChI=1S/C19H21N3O5S/c1-12-4-5-15(10-18(12)22(24)25)19(23)7-6-17-13(2)20-21(14(17)3)16-8-9-28(26,27)11-16/h4-7,10,16H,8-9,11H2,1-3H3/b7-6+/t16-/m0/s1. The van der Waals surface area contributed by atoms with Gasteiger partial charge in [-0.3, -0.25) is 19.6 Å². The molecule has 3 rings (SSSR count). The third kappa shape index (κ3) is 3.89. The summed E-state index contributed by atoms with van der Waals surface area (Å²) in [4.78, 5) is 23.0. The summed E-state index contributed by atoms with van der Waals surface area (Å²) in [7, 11) is -3.03. The van der Waals surface area contributed by atoms with Gasteiger partial charge in [0.25, 0.3) is 5.69 Å². The second-order valence-electron chi connectivity index (χ2n) is 7.04. The van der Waals surface area contributed by atoms with Gasteiger partial charge in [0, 0.05) is 28.5 Å². The predicted molar refractivity (Wildman–Crippen MR) is 105 cm³/mol. The van der Waals surface area contributed by atoms with Gasteiger partial charge in [-0.05, 0) is 39.3 Å². The Hall–Kier alpha value is -2.81. The van der Waals surface area contributed by atoms with Crippen molar-refractivity contribution in [3.8, 4) is 0 Å². The van der Waals surface area contributed by atoms with E-state index in [2.05, 4.69) is 5.10 Å². The molecular formula is C19H21N3O5S. The molecule has 2 heterocycles. The van der Waals surface area contributed by atoms with Crippen LogP contribution in [0.5, 0.6) is 0 Å². The molecule has 0 amide bonds. The minimum Gasteiger partial charge on any atom is -0.289 e. The highest BCUT2D eigenvalue weighted by Gasteiger charge is 2.31. The van der Waals surface area contributed by atoms with E-state index in [0.717, 1.165) is 11.3 Å². The fourth-order valence-electron chi connectivity index (χ4n) is 3.46. The summed E-state index contributed by atoms with van der Waals surface area (Å²) in [5.74, 6) is -0.117. The van der Waals surface area contributed by atoms with E-state index in [0.29, 0.717) is 17.7 Å². The molecule has 148 valence electrons. The first kappa shape index (κ1) is 19.9. The zero-order chi connectivity index (χ0) is 20.6. The molecule has 0 radical (unpaired) electrons. The molecule has 0 saturated carbocycles. The molecule has 8 nitrogen and oxygen atoms in total. The number of sulfone groups is 1. The quantitative estimate of drug-likeness (QED) is 0.328. The van der Waals surface area contributed by atoms with Crippen molar-refractivity contribution in [3.05, 3.63) is 62.5 Å². The van der Waals surface area contributed by atoms with E-state index < -0.39 is 14.8 Å². The molecule has 9 heteroatoms. The van der Waals surface area contributed by atoms with Crippen molar-refractivity contribution in [2.24, 2.45) is 0 Å². The number of aryl methyl sites for hydroxylation is 2. The average molecular weight is 403 g/mol. The van der Waals surface area contributed by atoms with Crippen LogP contribution in [0.1, 0.15) is 45.3 Å². The highest BCUT2D eigenvalue weighted by atomic mass is 32.2. The monoisotopic (exact) mass is 403 g/mol.